The van der Waals surface area contributed by atoms with Crippen LogP contribution >= 0.6 is 11.6 Å². The minimum absolute atomic E-state index is 0.587. The summed E-state index contributed by atoms with van der Waals surface area (Å²) in [7, 11) is 0. The standard InChI is InChI=1S/C10H22ClNO/c1-4-13-9-8-12(10(2)3)7-5-6-11/h10H,4-9H2,1-3H3. The smallest absolute Gasteiger partial charge is 0.0593 e. The molecule has 0 amide bonds. The summed E-state index contributed by atoms with van der Waals surface area (Å²) < 4.78 is 5.32. The maximum absolute atomic E-state index is 5.65. The molecule has 0 heterocycles. The lowest BCUT2D eigenvalue weighted by atomic mass is 10.3. The molecule has 3 heteroatoms. The van der Waals surface area contributed by atoms with E-state index in [1.54, 1.807) is 0 Å². The Hall–Kier alpha value is 0.210. The van der Waals surface area contributed by atoms with E-state index in [-0.39, 0.29) is 0 Å². The molecule has 0 atom stereocenters. The second kappa shape index (κ2) is 8.79. The number of rotatable bonds is 8. The molecule has 0 fully saturated rings. The van der Waals surface area contributed by atoms with Gasteiger partial charge in [-0.2, -0.15) is 0 Å². The van der Waals surface area contributed by atoms with Gasteiger partial charge in [-0.15, -0.1) is 11.6 Å². The van der Waals surface area contributed by atoms with Crippen LogP contribution in [0.4, 0.5) is 0 Å². The molecule has 0 radical (unpaired) electrons. The van der Waals surface area contributed by atoms with Crippen LogP contribution < -0.4 is 0 Å². The molecule has 0 aromatic heterocycles. The highest BCUT2D eigenvalue weighted by Gasteiger charge is 2.07. The van der Waals surface area contributed by atoms with Gasteiger partial charge in [-0.1, -0.05) is 0 Å². The van der Waals surface area contributed by atoms with E-state index in [4.69, 9.17) is 16.3 Å². The second-order valence-electron chi connectivity index (χ2n) is 3.37. The highest BCUT2D eigenvalue weighted by atomic mass is 35.5. The van der Waals surface area contributed by atoms with E-state index in [0.717, 1.165) is 38.6 Å². The molecule has 0 rings (SSSR count). The van der Waals surface area contributed by atoms with Gasteiger partial charge in [0.25, 0.3) is 0 Å². The van der Waals surface area contributed by atoms with Gasteiger partial charge in [-0.25, -0.2) is 0 Å². The first-order valence-corrected chi connectivity index (χ1v) is 5.63. The maximum Gasteiger partial charge on any atom is 0.0593 e. The summed E-state index contributed by atoms with van der Waals surface area (Å²) in [6.07, 6.45) is 1.06. The molecule has 0 N–H and O–H groups in total. The van der Waals surface area contributed by atoms with E-state index >= 15 is 0 Å². The van der Waals surface area contributed by atoms with Crippen LogP contribution in [0.5, 0.6) is 0 Å². The van der Waals surface area contributed by atoms with Gasteiger partial charge in [-0.05, 0) is 33.7 Å². The molecular weight excluding hydrogens is 186 g/mol. The fourth-order valence-electron chi connectivity index (χ4n) is 1.22. The third-order valence-corrected chi connectivity index (χ3v) is 2.30. The number of hydrogen-bond acceptors (Lipinski definition) is 2. The molecule has 0 saturated carbocycles. The summed E-state index contributed by atoms with van der Waals surface area (Å²) in [5.41, 5.74) is 0. The van der Waals surface area contributed by atoms with Crippen molar-refractivity contribution in [3.63, 3.8) is 0 Å². The van der Waals surface area contributed by atoms with Gasteiger partial charge in [0.05, 0.1) is 6.61 Å². The zero-order valence-corrected chi connectivity index (χ0v) is 9.81. The van der Waals surface area contributed by atoms with Crippen LogP contribution in [-0.4, -0.2) is 43.1 Å². The van der Waals surface area contributed by atoms with Crippen molar-refractivity contribution in [2.24, 2.45) is 0 Å². The quantitative estimate of drug-likeness (QED) is 0.448. The fourth-order valence-corrected chi connectivity index (χ4v) is 1.34. The lowest BCUT2D eigenvalue weighted by molar-refractivity contribution is 0.101. The minimum atomic E-state index is 0.587. The molecule has 0 aliphatic carbocycles. The van der Waals surface area contributed by atoms with Crippen molar-refractivity contribution in [3.8, 4) is 0 Å². The van der Waals surface area contributed by atoms with Crippen molar-refractivity contribution >= 4 is 11.6 Å². The van der Waals surface area contributed by atoms with Crippen LogP contribution in [0.1, 0.15) is 27.2 Å². The van der Waals surface area contributed by atoms with Gasteiger partial charge in [0.15, 0.2) is 0 Å². The average Bonchev–Trinajstić information content (AvgIpc) is 2.10. The largest absolute Gasteiger partial charge is 0.380 e. The Morgan fingerprint density at radius 2 is 2.00 bits per heavy atom. The van der Waals surface area contributed by atoms with Gasteiger partial charge in [0.1, 0.15) is 0 Å². The first-order chi connectivity index (χ1) is 6.22. The van der Waals surface area contributed by atoms with Crippen LogP contribution in [0.3, 0.4) is 0 Å². The molecule has 0 aromatic rings. The molecule has 13 heavy (non-hydrogen) atoms. The molecule has 0 saturated heterocycles. The van der Waals surface area contributed by atoms with E-state index in [2.05, 4.69) is 18.7 Å². The fraction of sp³-hybridized carbons (Fsp3) is 1.00. The summed E-state index contributed by atoms with van der Waals surface area (Å²) in [6, 6.07) is 0.587. The zero-order chi connectivity index (χ0) is 10.1. The normalized spacial score (nSPS) is 11.5. The third kappa shape index (κ3) is 7.29. The number of hydrogen-bond donors (Lipinski definition) is 0. The lowest BCUT2D eigenvalue weighted by Gasteiger charge is -2.25. The highest BCUT2D eigenvalue weighted by molar-refractivity contribution is 6.17. The van der Waals surface area contributed by atoms with Crippen LogP contribution in [0, 0.1) is 0 Å². The van der Waals surface area contributed by atoms with E-state index in [1.165, 1.54) is 0 Å². The summed E-state index contributed by atoms with van der Waals surface area (Å²) in [5.74, 6) is 0.748. The molecule has 0 aliphatic rings. The molecule has 0 aromatic carbocycles. The molecule has 0 bridgehead atoms. The van der Waals surface area contributed by atoms with Gasteiger partial charge in [0.2, 0.25) is 0 Å². The first kappa shape index (κ1) is 13.2. The Kier molecular flexibility index (Phi) is 8.93. The van der Waals surface area contributed by atoms with Crippen molar-refractivity contribution in [2.75, 3.05) is 32.2 Å². The van der Waals surface area contributed by atoms with Gasteiger partial charge in [-0.3, -0.25) is 4.90 Å². The van der Waals surface area contributed by atoms with Crippen molar-refractivity contribution in [1.29, 1.82) is 0 Å². The van der Waals surface area contributed by atoms with Crippen molar-refractivity contribution < 1.29 is 4.74 Å². The summed E-state index contributed by atoms with van der Waals surface area (Å²) in [6.45, 7) is 10.2. The van der Waals surface area contributed by atoms with Gasteiger partial charge >= 0.3 is 0 Å². The number of nitrogens with zero attached hydrogens (tertiary/aromatic N) is 1. The Bertz CT molecular complexity index is 109. The van der Waals surface area contributed by atoms with Gasteiger partial charge < -0.3 is 4.74 Å². The summed E-state index contributed by atoms with van der Waals surface area (Å²) in [5, 5.41) is 0. The highest BCUT2D eigenvalue weighted by Crippen LogP contribution is 2.00. The van der Waals surface area contributed by atoms with Crippen LogP contribution in [0.15, 0.2) is 0 Å². The molecule has 80 valence electrons. The SMILES string of the molecule is CCOCCN(CCCCl)C(C)C. The van der Waals surface area contributed by atoms with E-state index in [9.17, 15) is 0 Å². The van der Waals surface area contributed by atoms with E-state index in [1.807, 2.05) is 6.92 Å². The van der Waals surface area contributed by atoms with Crippen molar-refractivity contribution in [1.82, 2.24) is 4.90 Å². The van der Waals surface area contributed by atoms with Crippen molar-refractivity contribution in [3.05, 3.63) is 0 Å². The molecule has 0 aliphatic heterocycles. The van der Waals surface area contributed by atoms with Gasteiger partial charge in [0, 0.05) is 25.1 Å². The van der Waals surface area contributed by atoms with Crippen LogP contribution in [0.25, 0.3) is 0 Å². The Labute approximate surface area is 87.2 Å². The predicted molar refractivity (Wildman–Crippen MR) is 58.5 cm³/mol. The summed E-state index contributed by atoms with van der Waals surface area (Å²) >= 11 is 5.65. The zero-order valence-electron chi connectivity index (χ0n) is 9.05. The average molecular weight is 208 g/mol. The topological polar surface area (TPSA) is 12.5 Å². The van der Waals surface area contributed by atoms with Crippen molar-refractivity contribution in [2.45, 2.75) is 33.2 Å². The summed E-state index contributed by atoms with van der Waals surface area (Å²) in [4.78, 5) is 2.40. The molecular formula is C10H22ClNO. The van der Waals surface area contributed by atoms with E-state index < -0.39 is 0 Å². The number of alkyl halides is 1. The minimum Gasteiger partial charge on any atom is -0.380 e. The van der Waals surface area contributed by atoms with Crippen LogP contribution in [-0.2, 0) is 4.74 Å². The Morgan fingerprint density at radius 1 is 1.31 bits per heavy atom. The molecule has 2 nitrogen and oxygen atoms in total. The lowest BCUT2D eigenvalue weighted by Crippen LogP contribution is -2.35. The predicted octanol–water partition coefficient (Wildman–Crippen LogP) is 2.36. The van der Waals surface area contributed by atoms with Crippen LogP contribution in [0.2, 0.25) is 0 Å². The third-order valence-electron chi connectivity index (χ3n) is 2.04. The Balaban J connectivity index is 3.54. The molecule has 0 unspecified atom stereocenters. The number of ether oxygens (including phenoxy) is 1. The maximum atomic E-state index is 5.65. The monoisotopic (exact) mass is 207 g/mol. The Morgan fingerprint density at radius 3 is 2.46 bits per heavy atom. The second-order valence-corrected chi connectivity index (χ2v) is 3.75. The first-order valence-electron chi connectivity index (χ1n) is 5.10. The van der Waals surface area contributed by atoms with E-state index in [0.29, 0.717) is 6.04 Å². The molecule has 0 spiro atoms. The number of halogens is 1.